The minimum Gasteiger partial charge on any atom is -0.339 e. The fourth-order valence-electron chi connectivity index (χ4n) is 1.61. The average Bonchev–Trinajstić information content (AvgIpc) is 2.85. The van der Waals surface area contributed by atoms with E-state index in [1.54, 1.807) is 6.20 Å². The highest BCUT2D eigenvalue weighted by Gasteiger charge is 2.08. The van der Waals surface area contributed by atoms with Crippen molar-refractivity contribution in [3.63, 3.8) is 0 Å². The summed E-state index contributed by atoms with van der Waals surface area (Å²) in [7, 11) is 1.95. The highest BCUT2D eigenvalue weighted by Crippen LogP contribution is 2.06. The number of pyridine rings is 1. The number of hydrogen-bond donors (Lipinski definition) is 1. The first-order chi connectivity index (χ1) is 8.78. The number of nitrogens with one attached hydrogen (secondary N) is 1. The lowest BCUT2D eigenvalue weighted by atomic mass is 10.2. The van der Waals surface area contributed by atoms with Crippen molar-refractivity contribution in [1.82, 2.24) is 20.4 Å². The van der Waals surface area contributed by atoms with Crippen LogP contribution in [-0.2, 0) is 12.8 Å². The molecule has 0 fully saturated rings. The normalized spacial score (nSPS) is 12.6. The zero-order chi connectivity index (χ0) is 12.8. The third-order valence-electron chi connectivity index (χ3n) is 2.86. The van der Waals surface area contributed by atoms with Crippen LogP contribution in [0.5, 0.6) is 0 Å². The SMILES string of the molecule is CNC(C)CCc1nc(Cc2ccccn2)no1. The van der Waals surface area contributed by atoms with Crippen molar-refractivity contribution in [3.05, 3.63) is 41.8 Å². The van der Waals surface area contributed by atoms with Gasteiger partial charge < -0.3 is 9.84 Å². The van der Waals surface area contributed by atoms with Crippen LogP contribution in [0.2, 0.25) is 0 Å². The number of rotatable bonds is 6. The Labute approximate surface area is 107 Å². The van der Waals surface area contributed by atoms with Gasteiger partial charge in [0, 0.05) is 24.4 Å². The van der Waals surface area contributed by atoms with E-state index in [9.17, 15) is 0 Å². The largest absolute Gasteiger partial charge is 0.339 e. The fraction of sp³-hybridized carbons (Fsp3) is 0.462. The number of hydrogen-bond acceptors (Lipinski definition) is 5. The monoisotopic (exact) mass is 246 g/mol. The van der Waals surface area contributed by atoms with Crippen LogP contribution in [0.3, 0.4) is 0 Å². The highest BCUT2D eigenvalue weighted by atomic mass is 16.5. The van der Waals surface area contributed by atoms with Crippen LogP contribution >= 0.6 is 0 Å². The molecule has 0 aliphatic heterocycles. The first-order valence-electron chi connectivity index (χ1n) is 6.16. The van der Waals surface area contributed by atoms with Crippen molar-refractivity contribution in [3.8, 4) is 0 Å². The van der Waals surface area contributed by atoms with Gasteiger partial charge >= 0.3 is 0 Å². The van der Waals surface area contributed by atoms with Crippen molar-refractivity contribution in [1.29, 1.82) is 0 Å². The molecule has 1 N–H and O–H groups in total. The van der Waals surface area contributed by atoms with E-state index in [0.717, 1.165) is 18.5 Å². The Bertz CT molecular complexity index is 469. The van der Waals surface area contributed by atoms with Crippen LogP contribution < -0.4 is 5.32 Å². The Kier molecular flexibility index (Phi) is 4.41. The summed E-state index contributed by atoms with van der Waals surface area (Å²) in [6.45, 7) is 2.13. The zero-order valence-electron chi connectivity index (χ0n) is 10.8. The van der Waals surface area contributed by atoms with Gasteiger partial charge in [-0.1, -0.05) is 11.2 Å². The number of aromatic nitrogens is 3. The molecule has 2 aromatic heterocycles. The van der Waals surface area contributed by atoms with Gasteiger partial charge in [0.05, 0.1) is 6.42 Å². The van der Waals surface area contributed by atoms with E-state index in [2.05, 4.69) is 27.4 Å². The summed E-state index contributed by atoms with van der Waals surface area (Å²) in [5.74, 6) is 1.39. The lowest BCUT2D eigenvalue weighted by molar-refractivity contribution is 0.365. The molecule has 2 aromatic rings. The van der Waals surface area contributed by atoms with Crippen molar-refractivity contribution in [2.24, 2.45) is 0 Å². The van der Waals surface area contributed by atoms with Crippen LogP contribution in [0.25, 0.3) is 0 Å². The molecular weight excluding hydrogens is 228 g/mol. The second-order valence-electron chi connectivity index (χ2n) is 4.33. The first kappa shape index (κ1) is 12.7. The molecule has 0 saturated carbocycles. The van der Waals surface area contributed by atoms with E-state index in [1.165, 1.54) is 0 Å². The quantitative estimate of drug-likeness (QED) is 0.838. The molecule has 0 aromatic carbocycles. The molecule has 0 amide bonds. The van der Waals surface area contributed by atoms with Gasteiger partial charge in [-0.3, -0.25) is 4.98 Å². The van der Waals surface area contributed by atoms with E-state index in [1.807, 2.05) is 25.2 Å². The molecule has 2 rings (SSSR count). The predicted octanol–water partition coefficient (Wildman–Crippen LogP) is 1.60. The lowest BCUT2D eigenvalue weighted by Crippen LogP contribution is -2.21. The summed E-state index contributed by atoms with van der Waals surface area (Å²) in [6.07, 6.45) is 4.18. The molecule has 96 valence electrons. The van der Waals surface area contributed by atoms with Gasteiger partial charge in [0.2, 0.25) is 5.89 Å². The summed E-state index contributed by atoms with van der Waals surface area (Å²) < 4.78 is 5.22. The standard InChI is InChI=1S/C13H18N4O/c1-10(14-2)6-7-13-16-12(17-18-13)9-11-5-3-4-8-15-11/h3-5,8,10,14H,6-7,9H2,1-2H3. The molecule has 0 saturated heterocycles. The maximum atomic E-state index is 5.22. The Balaban J connectivity index is 1.90. The van der Waals surface area contributed by atoms with E-state index in [0.29, 0.717) is 24.2 Å². The van der Waals surface area contributed by atoms with Gasteiger partial charge in [-0.05, 0) is 32.5 Å². The van der Waals surface area contributed by atoms with Crippen molar-refractivity contribution in [2.75, 3.05) is 7.05 Å². The maximum Gasteiger partial charge on any atom is 0.226 e. The van der Waals surface area contributed by atoms with Crippen LogP contribution in [0.15, 0.2) is 28.9 Å². The van der Waals surface area contributed by atoms with Crippen LogP contribution in [0.1, 0.15) is 30.8 Å². The van der Waals surface area contributed by atoms with Gasteiger partial charge in [0.25, 0.3) is 0 Å². The molecule has 0 aliphatic carbocycles. The van der Waals surface area contributed by atoms with E-state index in [-0.39, 0.29) is 0 Å². The summed E-state index contributed by atoms with van der Waals surface area (Å²) in [5, 5.41) is 7.15. The Morgan fingerprint density at radius 1 is 1.39 bits per heavy atom. The minimum atomic E-state index is 0.455. The first-order valence-corrected chi connectivity index (χ1v) is 6.16. The van der Waals surface area contributed by atoms with Gasteiger partial charge in [-0.2, -0.15) is 4.98 Å². The summed E-state index contributed by atoms with van der Waals surface area (Å²) in [6, 6.07) is 6.26. The fourth-order valence-corrected chi connectivity index (χ4v) is 1.61. The Morgan fingerprint density at radius 3 is 3.00 bits per heavy atom. The Morgan fingerprint density at radius 2 is 2.28 bits per heavy atom. The molecule has 0 spiro atoms. The molecule has 5 heteroatoms. The van der Waals surface area contributed by atoms with Gasteiger partial charge in [0.1, 0.15) is 0 Å². The third kappa shape index (κ3) is 3.63. The minimum absolute atomic E-state index is 0.455. The van der Waals surface area contributed by atoms with E-state index >= 15 is 0 Å². The van der Waals surface area contributed by atoms with Gasteiger partial charge in [0.15, 0.2) is 5.82 Å². The lowest BCUT2D eigenvalue weighted by Gasteiger charge is -2.06. The highest BCUT2D eigenvalue weighted by molar-refractivity contribution is 5.09. The molecule has 1 atom stereocenters. The molecule has 1 unspecified atom stereocenters. The summed E-state index contributed by atoms with van der Waals surface area (Å²) in [5.41, 5.74) is 0.952. The van der Waals surface area contributed by atoms with Crippen LogP contribution in [0, 0.1) is 0 Å². The molecule has 0 bridgehead atoms. The van der Waals surface area contributed by atoms with Gasteiger partial charge in [-0.25, -0.2) is 0 Å². The van der Waals surface area contributed by atoms with Gasteiger partial charge in [-0.15, -0.1) is 0 Å². The second kappa shape index (κ2) is 6.26. The van der Waals surface area contributed by atoms with Crippen molar-refractivity contribution < 1.29 is 4.52 Å². The van der Waals surface area contributed by atoms with Crippen molar-refractivity contribution >= 4 is 0 Å². The molecule has 0 aliphatic rings. The Hall–Kier alpha value is -1.75. The molecule has 18 heavy (non-hydrogen) atoms. The molecule has 0 radical (unpaired) electrons. The average molecular weight is 246 g/mol. The summed E-state index contributed by atoms with van der Waals surface area (Å²) in [4.78, 5) is 8.61. The molecule has 5 nitrogen and oxygen atoms in total. The van der Waals surface area contributed by atoms with Crippen molar-refractivity contribution in [2.45, 2.75) is 32.2 Å². The van der Waals surface area contributed by atoms with E-state index < -0.39 is 0 Å². The second-order valence-corrected chi connectivity index (χ2v) is 4.33. The smallest absolute Gasteiger partial charge is 0.226 e. The third-order valence-corrected chi connectivity index (χ3v) is 2.86. The summed E-state index contributed by atoms with van der Waals surface area (Å²) >= 11 is 0. The number of aryl methyl sites for hydroxylation is 1. The molecular formula is C13H18N4O. The number of nitrogens with zero attached hydrogens (tertiary/aromatic N) is 3. The van der Waals surface area contributed by atoms with Crippen LogP contribution in [-0.4, -0.2) is 28.2 Å². The van der Waals surface area contributed by atoms with E-state index in [4.69, 9.17) is 4.52 Å². The maximum absolute atomic E-state index is 5.22. The predicted molar refractivity (Wildman–Crippen MR) is 68.2 cm³/mol. The topological polar surface area (TPSA) is 63.8 Å². The zero-order valence-corrected chi connectivity index (χ0v) is 10.8. The molecule has 2 heterocycles. The van der Waals surface area contributed by atoms with Crippen LogP contribution in [0.4, 0.5) is 0 Å².